The molecule has 79 heavy (non-hydrogen) atoms. The summed E-state index contributed by atoms with van der Waals surface area (Å²) in [5.74, 6) is 6.04. The van der Waals surface area contributed by atoms with Crippen LogP contribution < -0.4 is 46.6 Å². The van der Waals surface area contributed by atoms with E-state index < -0.39 is 0 Å². The number of anilines is 9. The third kappa shape index (κ3) is 26.0. The Hall–Kier alpha value is -6.33. The Balaban J connectivity index is 1.12. The summed E-state index contributed by atoms with van der Waals surface area (Å²) in [7, 11) is 0. The molecule has 2 aromatic carbocycles. The molecule has 0 saturated heterocycles. The van der Waals surface area contributed by atoms with Gasteiger partial charge in [-0.15, -0.1) is 0 Å². The monoisotopic (exact) mass is 1090 g/mol. The van der Waals surface area contributed by atoms with Crippen molar-refractivity contribution in [1.82, 2.24) is 44.9 Å². The van der Waals surface area contributed by atoms with Gasteiger partial charge in [0.05, 0.1) is 0 Å². The van der Waals surface area contributed by atoms with Crippen molar-refractivity contribution in [2.75, 3.05) is 112 Å². The molecule has 3 heterocycles. The Bertz CT molecular complexity index is 2140. The van der Waals surface area contributed by atoms with Crippen LogP contribution in [0.3, 0.4) is 0 Å². The average Bonchev–Trinajstić information content (AvgIpc) is 3.49. The van der Waals surface area contributed by atoms with Crippen molar-refractivity contribution in [3.63, 3.8) is 0 Å². The van der Waals surface area contributed by atoms with Crippen LogP contribution in [-0.2, 0) is 13.1 Å². The predicted molar refractivity (Wildman–Crippen MR) is 333 cm³/mol. The molecule has 0 bridgehead atoms. The third-order valence-corrected chi connectivity index (χ3v) is 13.7. The minimum absolute atomic E-state index is 0.599. The van der Waals surface area contributed by atoms with Crippen molar-refractivity contribution in [2.45, 2.75) is 196 Å². The van der Waals surface area contributed by atoms with Gasteiger partial charge in [-0.05, 0) is 75.3 Å². The number of hydrogen-bond donors (Lipinski definition) is 6. The maximum Gasteiger partial charge on any atom is 0.232 e. The molecular formula is C61H102N18. The van der Waals surface area contributed by atoms with Gasteiger partial charge in [-0.3, -0.25) is 0 Å². The van der Waals surface area contributed by atoms with Gasteiger partial charge in [-0.25, -0.2) is 0 Å². The molecule has 0 spiro atoms. The Labute approximate surface area is 476 Å². The van der Waals surface area contributed by atoms with Gasteiger partial charge in [0.1, 0.15) is 0 Å². The average molecular weight is 1090 g/mol. The van der Waals surface area contributed by atoms with E-state index in [9.17, 15) is 0 Å². The lowest BCUT2D eigenvalue weighted by Crippen LogP contribution is -2.28. The highest BCUT2D eigenvalue weighted by Gasteiger charge is 2.18. The quantitative estimate of drug-likeness (QED) is 0.0201. The maximum atomic E-state index is 5.05. The van der Waals surface area contributed by atoms with Crippen LogP contribution in [0.15, 0.2) is 60.7 Å². The van der Waals surface area contributed by atoms with Gasteiger partial charge in [0, 0.05) is 78.5 Å². The van der Waals surface area contributed by atoms with Crippen molar-refractivity contribution >= 4 is 53.5 Å². The molecule has 3 aromatic heterocycles. The van der Waals surface area contributed by atoms with E-state index in [1.165, 1.54) is 11.1 Å². The topological polar surface area (TPSA) is 198 Å². The van der Waals surface area contributed by atoms with E-state index in [2.05, 4.69) is 149 Å². The van der Waals surface area contributed by atoms with Gasteiger partial charge in [0.2, 0.25) is 53.5 Å². The normalized spacial score (nSPS) is 11.1. The largest absolute Gasteiger partial charge is 0.354 e. The standard InChI is InChI=1S/C61H102N18/c1-7-13-39-62-53-68-55(73-59(71-53)77(45-15-9-3)46-16-10-4)64-41-31-21-19-23-33-43-66-57-70-58(76-61(75-57)79(49-51-35-27-25-28-36-51)50-52-37-29-26-30-38-52)67-44-34-24-20-22-32-42-65-56-69-54(63-40-14-8-2)72-60(74-56)78(47-17-11-5)48-18-12-6/h25-30,35-38H,7-24,31-34,39-50H2,1-6H3,(H2,62,64,68,71,73)(H2,63,65,69,72,74)(H2,66,67,70,75,76). The zero-order chi connectivity index (χ0) is 55.8. The summed E-state index contributed by atoms with van der Waals surface area (Å²) in [6.07, 6.45) is 24.3. The van der Waals surface area contributed by atoms with Crippen molar-refractivity contribution < 1.29 is 0 Å². The van der Waals surface area contributed by atoms with E-state index in [-0.39, 0.29) is 0 Å². The molecule has 5 aromatic rings. The lowest BCUT2D eigenvalue weighted by Gasteiger charge is -2.24. The fourth-order valence-corrected chi connectivity index (χ4v) is 8.93. The minimum Gasteiger partial charge on any atom is -0.354 e. The molecular weight excluding hydrogens is 985 g/mol. The third-order valence-electron chi connectivity index (χ3n) is 13.7. The van der Waals surface area contributed by atoms with E-state index >= 15 is 0 Å². The molecule has 0 aliphatic heterocycles. The second-order valence-corrected chi connectivity index (χ2v) is 20.9. The number of unbranched alkanes of at least 4 members (excludes halogenated alkanes) is 14. The lowest BCUT2D eigenvalue weighted by molar-refractivity contribution is 0.631. The number of nitrogens with zero attached hydrogens (tertiary/aromatic N) is 12. The first-order valence-corrected chi connectivity index (χ1v) is 31.0. The summed E-state index contributed by atoms with van der Waals surface area (Å²) >= 11 is 0. The van der Waals surface area contributed by atoms with Crippen molar-refractivity contribution in [3.8, 4) is 0 Å². The molecule has 0 aliphatic rings. The van der Waals surface area contributed by atoms with Crippen LogP contribution in [0.1, 0.15) is 194 Å². The van der Waals surface area contributed by atoms with Crippen LogP contribution in [0.5, 0.6) is 0 Å². The van der Waals surface area contributed by atoms with Gasteiger partial charge in [0.15, 0.2) is 0 Å². The van der Waals surface area contributed by atoms with Gasteiger partial charge >= 0.3 is 0 Å². The van der Waals surface area contributed by atoms with Crippen LogP contribution in [0, 0.1) is 0 Å². The molecule has 0 unspecified atom stereocenters. The highest BCUT2D eigenvalue weighted by Crippen LogP contribution is 2.22. The fraction of sp³-hybridized carbons (Fsp3) is 0.656. The van der Waals surface area contributed by atoms with E-state index in [1.54, 1.807) is 0 Å². The smallest absolute Gasteiger partial charge is 0.232 e. The molecule has 0 amide bonds. The molecule has 0 aliphatic carbocycles. The molecule has 18 nitrogen and oxygen atoms in total. The first-order valence-electron chi connectivity index (χ1n) is 31.0. The molecule has 436 valence electrons. The second kappa shape index (κ2) is 39.9. The number of rotatable bonds is 47. The SMILES string of the molecule is CCCCNc1nc(NCCCCCCCNc2nc(NCCCCCCCNc3nc(NCCCC)nc(N(CCCC)CCCC)n3)nc(N(Cc3ccccc3)Cc3ccccc3)n2)nc(N(CCCC)CCCC)n1. The Morgan fingerprint density at radius 2 is 0.506 bits per heavy atom. The Morgan fingerprint density at radius 3 is 0.772 bits per heavy atom. The number of benzene rings is 2. The Morgan fingerprint density at radius 1 is 0.266 bits per heavy atom. The van der Waals surface area contributed by atoms with Crippen molar-refractivity contribution in [1.29, 1.82) is 0 Å². The molecule has 6 N–H and O–H groups in total. The minimum atomic E-state index is 0.599. The first kappa shape index (κ1) is 63.5. The Kier molecular flexibility index (Phi) is 32.1. The van der Waals surface area contributed by atoms with Crippen LogP contribution >= 0.6 is 0 Å². The number of aromatic nitrogens is 9. The molecule has 0 saturated carbocycles. The first-order chi connectivity index (χ1) is 38.9. The maximum absolute atomic E-state index is 5.05. The summed E-state index contributed by atoms with van der Waals surface area (Å²) in [5, 5.41) is 21.1. The summed E-state index contributed by atoms with van der Waals surface area (Å²) in [6, 6.07) is 21.1. The molecule has 0 radical (unpaired) electrons. The number of nitrogens with one attached hydrogen (secondary N) is 6. The predicted octanol–water partition coefficient (Wildman–Crippen LogP) is 13.6. The zero-order valence-electron chi connectivity index (χ0n) is 49.7. The van der Waals surface area contributed by atoms with Gasteiger partial charge < -0.3 is 46.6 Å². The number of hydrogen-bond acceptors (Lipinski definition) is 18. The summed E-state index contributed by atoms with van der Waals surface area (Å²) < 4.78 is 0. The van der Waals surface area contributed by atoms with Crippen LogP contribution in [-0.4, -0.2) is 110 Å². The highest BCUT2D eigenvalue weighted by molar-refractivity contribution is 5.47. The molecule has 0 fully saturated rings. The van der Waals surface area contributed by atoms with E-state index in [0.29, 0.717) is 54.7 Å². The van der Waals surface area contributed by atoms with Crippen molar-refractivity contribution in [2.24, 2.45) is 0 Å². The van der Waals surface area contributed by atoms with Crippen LogP contribution in [0.2, 0.25) is 0 Å². The van der Waals surface area contributed by atoms with Gasteiger partial charge in [0.25, 0.3) is 0 Å². The summed E-state index contributed by atoms with van der Waals surface area (Å²) in [4.78, 5) is 50.9. The molecule has 0 atom stereocenters. The van der Waals surface area contributed by atoms with Crippen molar-refractivity contribution in [3.05, 3.63) is 71.8 Å². The zero-order valence-corrected chi connectivity index (χ0v) is 49.7. The van der Waals surface area contributed by atoms with Crippen LogP contribution in [0.4, 0.5) is 53.5 Å². The fourth-order valence-electron chi connectivity index (χ4n) is 8.93. The van der Waals surface area contributed by atoms with Crippen LogP contribution in [0.25, 0.3) is 0 Å². The van der Waals surface area contributed by atoms with E-state index in [4.69, 9.17) is 44.9 Å². The molecule has 18 heteroatoms. The summed E-state index contributed by atoms with van der Waals surface area (Å²) in [6.45, 7) is 23.4. The highest BCUT2D eigenvalue weighted by atomic mass is 15.3. The second-order valence-electron chi connectivity index (χ2n) is 20.9. The van der Waals surface area contributed by atoms with E-state index in [1.807, 2.05) is 0 Å². The van der Waals surface area contributed by atoms with Gasteiger partial charge in [-0.2, -0.15) is 44.9 Å². The lowest BCUT2D eigenvalue weighted by atomic mass is 10.1. The van der Waals surface area contributed by atoms with Gasteiger partial charge in [-0.1, -0.05) is 179 Å². The summed E-state index contributed by atoms with van der Waals surface area (Å²) in [5.41, 5.74) is 2.40. The van der Waals surface area contributed by atoms with E-state index in [0.717, 1.165) is 219 Å². The molecule has 5 rings (SSSR count).